The molecule has 0 fully saturated rings. The van der Waals surface area contributed by atoms with Crippen molar-refractivity contribution < 1.29 is 8.78 Å². The van der Waals surface area contributed by atoms with Gasteiger partial charge in [0.25, 0.3) is 0 Å². The summed E-state index contributed by atoms with van der Waals surface area (Å²) in [6, 6.07) is 10.4. The maximum Gasteiger partial charge on any atom is 0.146 e. The quantitative estimate of drug-likeness (QED) is 0.918. The Kier molecular flexibility index (Phi) is 4.13. The van der Waals surface area contributed by atoms with E-state index in [1.807, 2.05) is 6.07 Å². The van der Waals surface area contributed by atoms with E-state index in [9.17, 15) is 8.78 Å². The SMILES string of the molecule is N#Cc1cc(F)cc(CNc2cc(Br)ccc2F)c1. The Labute approximate surface area is 117 Å². The van der Waals surface area contributed by atoms with E-state index >= 15 is 0 Å². The van der Waals surface area contributed by atoms with Gasteiger partial charge in [-0.25, -0.2) is 8.78 Å². The molecule has 0 saturated heterocycles. The van der Waals surface area contributed by atoms with E-state index < -0.39 is 5.82 Å². The molecule has 2 aromatic carbocycles. The van der Waals surface area contributed by atoms with Gasteiger partial charge in [0.15, 0.2) is 0 Å². The summed E-state index contributed by atoms with van der Waals surface area (Å²) in [4.78, 5) is 0. The van der Waals surface area contributed by atoms with Crippen molar-refractivity contribution in [1.29, 1.82) is 5.26 Å². The molecule has 5 heteroatoms. The van der Waals surface area contributed by atoms with Crippen molar-refractivity contribution >= 4 is 21.6 Å². The Morgan fingerprint density at radius 1 is 1.16 bits per heavy atom. The van der Waals surface area contributed by atoms with Crippen molar-refractivity contribution in [2.45, 2.75) is 6.54 Å². The first-order valence-corrected chi connectivity index (χ1v) is 6.26. The first-order valence-electron chi connectivity index (χ1n) is 5.47. The minimum absolute atomic E-state index is 0.236. The Hall–Kier alpha value is -1.93. The van der Waals surface area contributed by atoms with Gasteiger partial charge in [0.2, 0.25) is 0 Å². The van der Waals surface area contributed by atoms with Crippen LogP contribution < -0.4 is 5.32 Å². The Morgan fingerprint density at radius 3 is 2.68 bits per heavy atom. The van der Waals surface area contributed by atoms with Crippen LogP contribution in [0.4, 0.5) is 14.5 Å². The maximum atomic E-state index is 13.5. The van der Waals surface area contributed by atoms with Gasteiger partial charge >= 0.3 is 0 Å². The highest BCUT2D eigenvalue weighted by molar-refractivity contribution is 9.10. The molecule has 0 amide bonds. The molecule has 0 spiro atoms. The lowest BCUT2D eigenvalue weighted by atomic mass is 10.1. The summed E-state index contributed by atoms with van der Waals surface area (Å²) in [6.07, 6.45) is 0. The highest BCUT2D eigenvalue weighted by Gasteiger charge is 2.04. The molecule has 1 N–H and O–H groups in total. The predicted octanol–water partition coefficient (Wildman–Crippen LogP) is 4.21. The zero-order chi connectivity index (χ0) is 13.8. The zero-order valence-corrected chi connectivity index (χ0v) is 11.3. The summed E-state index contributed by atoms with van der Waals surface area (Å²) >= 11 is 3.25. The average Bonchev–Trinajstić information content (AvgIpc) is 2.39. The predicted molar refractivity (Wildman–Crippen MR) is 72.5 cm³/mol. The molecule has 0 aromatic heterocycles. The van der Waals surface area contributed by atoms with Gasteiger partial charge in [0.1, 0.15) is 11.6 Å². The third-order valence-electron chi connectivity index (χ3n) is 2.50. The molecule has 0 aliphatic rings. The van der Waals surface area contributed by atoms with Crippen LogP contribution in [0, 0.1) is 23.0 Å². The molecular weight excluding hydrogens is 314 g/mol. The number of nitriles is 1. The lowest BCUT2D eigenvalue weighted by Gasteiger charge is -2.08. The third kappa shape index (κ3) is 3.52. The van der Waals surface area contributed by atoms with E-state index in [1.54, 1.807) is 18.2 Å². The van der Waals surface area contributed by atoms with Crippen LogP contribution in [0.1, 0.15) is 11.1 Å². The third-order valence-corrected chi connectivity index (χ3v) is 2.99. The van der Waals surface area contributed by atoms with Gasteiger partial charge in [-0.05, 0) is 42.0 Å². The number of halogens is 3. The number of benzene rings is 2. The van der Waals surface area contributed by atoms with E-state index in [2.05, 4.69) is 21.2 Å². The lowest BCUT2D eigenvalue weighted by Crippen LogP contribution is -2.02. The van der Waals surface area contributed by atoms with Crippen molar-refractivity contribution in [2.24, 2.45) is 0 Å². The van der Waals surface area contributed by atoms with Crippen LogP contribution in [0.15, 0.2) is 40.9 Å². The van der Waals surface area contributed by atoms with E-state index in [4.69, 9.17) is 5.26 Å². The van der Waals surface area contributed by atoms with Crippen molar-refractivity contribution in [3.63, 3.8) is 0 Å². The minimum atomic E-state index is -0.481. The summed E-state index contributed by atoms with van der Waals surface area (Å²) in [5.74, 6) is -0.870. The van der Waals surface area contributed by atoms with E-state index in [-0.39, 0.29) is 17.9 Å². The van der Waals surface area contributed by atoms with Crippen LogP contribution in [-0.4, -0.2) is 0 Å². The van der Waals surface area contributed by atoms with Crippen LogP contribution in [-0.2, 0) is 6.54 Å². The van der Waals surface area contributed by atoms with Crippen molar-refractivity contribution in [2.75, 3.05) is 5.32 Å². The van der Waals surface area contributed by atoms with Crippen molar-refractivity contribution in [1.82, 2.24) is 0 Å². The molecular formula is C14H9BrF2N2. The van der Waals surface area contributed by atoms with Gasteiger partial charge in [-0.3, -0.25) is 0 Å². The normalized spacial score (nSPS) is 10.0. The fraction of sp³-hybridized carbons (Fsp3) is 0.0714. The molecule has 19 heavy (non-hydrogen) atoms. The smallest absolute Gasteiger partial charge is 0.146 e. The second-order valence-corrected chi connectivity index (χ2v) is 4.85. The first-order chi connectivity index (χ1) is 9.08. The molecule has 0 radical (unpaired) electrons. The van der Waals surface area contributed by atoms with Crippen LogP contribution in [0.25, 0.3) is 0 Å². The van der Waals surface area contributed by atoms with Gasteiger partial charge < -0.3 is 5.32 Å². The molecule has 2 aromatic rings. The largest absolute Gasteiger partial charge is 0.379 e. The lowest BCUT2D eigenvalue weighted by molar-refractivity contribution is 0.624. The van der Waals surface area contributed by atoms with Crippen LogP contribution in [0.3, 0.4) is 0 Å². The van der Waals surface area contributed by atoms with Gasteiger partial charge in [-0.15, -0.1) is 0 Å². The Bertz CT molecular complexity index is 650. The van der Waals surface area contributed by atoms with E-state index in [0.717, 1.165) is 10.5 Å². The highest BCUT2D eigenvalue weighted by atomic mass is 79.9. The number of anilines is 1. The number of hydrogen-bond acceptors (Lipinski definition) is 2. The van der Waals surface area contributed by atoms with Crippen LogP contribution in [0.2, 0.25) is 0 Å². The molecule has 0 saturated carbocycles. The minimum Gasteiger partial charge on any atom is -0.379 e. The van der Waals surface area contributed by atoms with Crippen LogP contribution >= 0.6 is 15.9 Å². The number of nitrogens with one attached hydrogen (secondary N) is 1. The summed E-state index contributed by atoms with van der Waals surface area (Å²) < 4.78 is 27.5. The monoisotopic (exact) mass is 322 g/mol. The Morgan fingerprint density at radius 2 is 1.95 bits per heavy atom. The molecule has 2 nitrogen and oxygen atoms in total. The Balaban J connectivity index is 2.17. The van der Waals surface area contributed by atoms with Gasteiger partial charge in [0, 0.05) is 11.0 Å². The van der Waals surface area contributed by atoms with E-state index in [1.165, 1.54) is 12.1 Å². The molecule has 0 aliphatic carbocycles. The number of rotatable bonds is 3. The van der Waals surface area contributed by atoms with Gasteiger partial charge in [0.05, 0.1) is 17.3 Å². The second kappa shape index (κ2) is 5.81. The highest BCUT2D eigenvalue weighted by Crippen LogP contribution is 2.21. The molecule has 0 aliphatic heterocycles. The maximum absolute atomic E-state index is 13.5. The standard InChI is InChI=1S/C14H9BrF2N2/c15-11-1-2-13(17)14(6-11)19-8-10-3-9(7-18)4-12(16)5-10/h1-6,19H,8H2. The summed E-state index contributed by atoms with van der Waals surface area (Å²) in [5, 5.41) is 11.6. The first kappa shape index (κ1) is 13.5. The van der Waals surface area contributed by atoms with Crippen molar-refractivity contribution in [3.05, 3.63) is 63.6 Å². The van der Waals surface area contributed by atoms with Gasteiger partial charge in [-0.2, -0.15) is 5.26 Å². The molecule has 2 rings (SSSR count). The summed E-state index contributed by atoms with van der Waals surface area (Å²) in [5.41, 5.74) is 1.14. The fourth-order valence-electron chi connectivity index (χ4n) is 1.65. The summed E-state index contributed by atoms with van der Waals surface area (Å²) in [7, 11) is 0. The number of hydrogen-bond donors (Lipinski definition) is 1. The molecule has 96 valence electrons. The van der Waals surface area contributed by atoms with Crippen LogP contribution in [0.5, 0.6) is 0 Å². The summed E-state index contributed by atoms with van der Waals surface area (Å²) in [6.45, 7) is 0.236. The van der Waals surface area contributed by atoms with E-state index in [0.29, 0.717) is 11.3 Å². The molecule has 0 unspecified atom stereocenters. The topological polar surface area (TPSA) is 35.8 Å². The number of nitrogens with zero attached hydrogens (tertiary/aromatic N) is 1. The molecule has 0 heterocycles. The van der Waals surface area contributed by atoms with Gasteiger partial charge in [-0.1, -0.05) is 15.9 Å². The van der Waals surface area contributed by atoms with Crippen molar-refractivity contribution in [3.8, 4) is 6.07 Å². The average molecular weight is 323 g/mol. The molecule has 0 bridgehead atoms. The molecule has 0 atom stereocenters. The fourth-order valence-corrected chi connectivity index (χ4v) is 2.01. The second-order valence-electron chi connectivity index (χ2n) is 3.94. The zero-order valence-electron chi connectivity index (χ0n) is 9.75.